The van der Waals surface area contributed by atoms with Crippen LogP contribution in [-0.2, 0) is 23.1 Å². The fraction of sp³-hybridized carbons (Fsp3) is 0.706. The quantitative estimate of drug-likeness (QED) is 0.805. The highest BCUT2D eigenvalue weighted by atomic mass is 16.5. The Labute approximate surface area is 138 Å². The number of aromatic nitrogens is 1. The van der Waals surface area contributed by atoms with Gasteiger partial charge >= 0.3 is 0 Å². The summed E-state index contributed by atoms with van der Waals surface area (Å²) in [5.41, 5.74) is 1.34. The molecule has 23 heavy (non-hydrogen) atoms. The van der Waals surface area contributed by atoms with E-state index in [1.807, 2.05) is 11.8 Å². The van der Waals surface area contributed by atoms with Gasteiger partial charge in [0.1, 0.15) is 0 Å². The molecule has 0 bridgehead atoms. The number of piperazine rings is 1. The van der Waals surface area contributed by atoms with E-state index in [2.05, 4.69) is 39.7 Å². The first-order chi connectivity index (χ1) is 11.1. The van der Waals surface area contributed by atoms with Gasteiger partial charge in [0.15, 0.2) is 0 Å². The second-order valence-corrected chi connectivity index (χ2v) is 6.54. The van der Waals surface area contributed by atoms with Crippen LogP contribution in [0.25, 0.3) is 0 Å². The van der Waals surface area contributed by atoms with Crippen molar-refractivity contribution in [1.29, 1.82) is 0 Å². The van der Waals surface area contributed by atoms with Crippen molar-refractivity contribution in [2.75, 3.05) is 52.5 Å². The number of aryl methyl sites for hydroxylation is 1. The molecule has 1 aromatic rings. The molecular formula is C17H28N4O2. The standard InChI is InChI=1S/C17H28N4O2/c1-15(17(22)21-10-12-23-13-11-21)20-8-6-19(7-9-20)14-16-4-3-5-18(16)2/h3-5,15H,6-14H2,1-2H3. The molecule has 0 saturated carbocycles. The van der Waals surface area contributed by atoms with Crippen molar-refractivity contribution < 1.29 is 9.53 Å². The van der Waals surface area contributed by atoms with Gasteiger partial charge in [0.25, 0.3) is 0 Å². The molecule has 0 aromatic carbocycles. The van der Waals surface area contributed by atoms with Gasteiger partial charge in [0, 0.05) is 64.8 Å². The number of amides is 1. The molecule has 128 valence electrons. The van der Waals surface area contributed by atoms with Gasteiger partial charge in [-0.15, -0.1) is 0 Å². The minimum atomic E-state index is -0.0229. The van der Waals surface area contributed by atoms with Gasteiger partial charge in [-0.05, 0) is 19.1 Å². The molecular weight excluding hydrogens is 292 g/mol. The lowest BCUT2D eigenvalue weighted by Gasteiger charge is -2.39. The van der Waals surface area contributed by atoms with Crippen molar-refractivity contribution in [2.45, 2.75) is 19.5 Å². The van der Waals surface area contributed by atoms with Crippen LogP contribution in [0, 0.1) is 0 Å². The van der Waals surface area contributed by atoms with E-state index in [1.165, 1.54) is 5.69 Å². The fourth-order valence-electron chi connectivity index (χ4n) is 3.40. The van der Waals surface area contributed by atoms with Crippen molar-refractivity contribution in [1.82, 2.24) is 19.3 Å². The summed E-state index contributed by atoms with van der Waals surface area (Å²) in [4.78, 5) is 19.3. The first-order valence-corrected chi connectivity index (χ1v) is 8.58. The highest BCUT2D eigenvalue weighted by Gasteiger charge is 2.29. The number of nitrogens with zero attached hydrogens (tertiary/aromatic N) is 4. The normalized spacial score (nSPS) is 22.3. The number of morpholine rings is 1. The first-order valence-electron chi connectivity index (χ1n) is 8.58. The molecule has 1 unspecified atom stereocenters. The molecule has 0 aliphatic carbocycles. The Morgan fingerprint density at radius 3 is 2.48 bits per heavy atom. The molecule has 1 aromatic heterocycles. The van der Waals surface area contributed by atoms with Gasteiger partial charge < -0.3 is 14.2 Å². The zero-order valence-electron chi connectivity index (χ0n) is 14.3. The number of carbonyl (C=O) groups excluding carboxylic acids is 1. The van der Waals surface area contributed by atoms with Crippen LogP contribution in [0.5, 0.6) is 0 Å². The highest BCUT2D eigenvalue weighted by molar-refractivity contribution is 5.81. The highest BCUT2D eigenvalue weighted by Crippen LogP contribution is 2.13. The van der Waals surface area contributed by atoms with Crippen molar-refractivity contribution in [3.63, 3.8) is 0 Å². The van der Waals surface area contributed by atoms with Crippen LogP contribution >= 0.6 is 0 Å². The number of carbonyl (C=O) groups is 1. The molecule has 2 saturated heterocycles. The largest absolute Gasteiger partial charge is 0.378 e. The minimum Gasteiger partial charge on any atom is -0.378 e. The third-order valence-electron chi connectivity index (χ3n) is 5.07. The average Bonchev–Trinajstić information content (AvgIpc) is 3.00. The summed E-state index contributed by atoms with van der Waals surface area (Å²) in [6.45, 7) is 9.80. The van der Waals surface area contributed by atoms with Crippen molar-refractivity contribution in [2.24, 2.45) is 7.05 Å². The topological polar surface area (TPSA) is 41.0 Å². The summed E-state index contributed by atoms with van der Waals surface area (Å²) >= 11 is 0. The summed E-state index contributed by atoms with van der Waals surface area (Å²) in [5, 5.41) is 0. The molecule has 6 nitrogen and oxygen atoms in total. The summed E-state index contributed by atoms with van der Waals surface area (Å²) in [7, 11) is 2.09. The van der Waals surface area contributed by atoms with E-state index in [9.17, 15) is 4.79 Å². The lowest BCUT2D eigenvalue weighted by molar-refractivity contribution is -0.141. The molecule has 2 aliphatic heterocycles. The van der Waals surface area contributed by atoms with Crippen LogP contribution in [0.3, 0.4) is 0 Å². The van der Waals surface area contributed by atoms with Gasteiger partial charge in [-0.1, -0.05) is 0 Å². The zero-order chi connectivity index (χ0) is 16.2. The van der Waals surface area contributed by atoms with Crippen LogP contribution in [0.1, 0.15) is 12.6 Å². The van der Waals surface area contributed by atoms with Gasteiger partial charge in [-0.3, -0.25) is 14.6 Å². The fourth-order valence-corrected chi connectivity index (χ4v) is 3.40. The third-order valence-corrected chi connectivity index (χ3v) is 5.07. The molecule has 6 heteroatoms. The van der Waals surface area contributed by atoms with E-state index in [-0.39, 0.29) is 11.9 Å². The molecule has 3 rings (SSSR count). The summed E-state index contributed by atoms with van der Waals surface area (Å²) in [6, 6.07) is 4.25. The predicted octanol–water partition coefficient (Wildman–Crippen LogP) is 0.390. The van der Waals surface area contributed by atoms with Crippen LogP contribution in [0.15, 0.2) is 18.3 Å². The van der Waals surface area contributed by atoms with Crippen LogP contribution in [0.4, 0.5) is 0 Å². The average molecular weight is 320 g/mol. The summed E-state index contributed by atoms with van der Waals surface area (Å²) < 4.78 is 7.51. The zero-order valence-corrected chi connectivity index (χ0v) is 14.3. The number of rotatable bonds is 4. The van der Waals surface area contributed by atoms with Gasteiger partial charge in [-0.2, -0.15) is 0 Å². The maximum Gasteiger partial charge on any atom is 0.239 e. The SMILES string of the molecule is CC(C(=O)N1CCOCC1)N1CCN(Cc2cccn2C)CC1. The summed E-state index contributed by atoms with van der Waals surface area (Å²) in [5.74, 6) is 0.254. The number of hydrogen-bond donors (Lipinski definition) is 0. The molecule has 2 aliphatic rings. The van der Waals surface area contributed by atoms with Crippen LogP contribution < -0.4 is 0 Å². The third kappa shape index (κ3) is 3.94. The second kappa shape index (κ2) is 7.47. The Balaban J connectivity index is 1.48. The van der Waals surface area contributed by atoms with Gasteiger partial charge in [-0.25, -0.2) is 0 Å². The Morgan fingerprint density at radius 1 is 1.17 bits per heavy atom. The molecule has 2 fully saturated rings. The Bertz CT molecular complexity index is 516. The second-order valence-electron chi connectivity index (χ2n) is 6.54. The molecule has 0 spiro atoms. The lowest BCUT2D eigenvalue weighted by Crippen LogP contribution is -2.55. The first kappa shape index (κ1) is 16.5. The summed E-state index contributed by atoms with van der Waals surface area (Å²) in [6.07, 6.45) is 2.09. The minimum absolute atomic E-state index is 0.0229. The van der Waals surface area contributed by atoms with Gasteiger partial charge in [0.2, 0.25) is 5.91 Å². The van der Waals surface area contributed by atoms with Gasteiger partial charge in [0.05, 0.1) is 19.3 Å². The Morgan fingerprint density at radius 2 is 1.87 bits per heavy atom. The van der Waals surface area contributed by atoms with Crippen LogP contribution in [-0.4, -0.2) is 83.7 Å². The van der Waals surface area contributed by atoms with E-state index in [4.69, 9.17) is 4.74 Å². The maximum atomic E-state index is 12.6. The maximum absolute atomic E-state index is 12.6. The molecule has 0 N–H and O–H groups in total. The number of ether oxygens (including phenoxy) is 1. The van der Waals surface area contributed by atoms with Crippen molar-refractivity contribution >= 4 is 5.91 Å². The smallest absolute Gasteiger partial charge is 0.239 e. The van der Waals surface area contributed by atoms with Crippen LogP contribution in [0.2, 0.25) is 0 Å². The monoisotopic (exact) mass is 320 g/mol. The molecule has 3 heterocycles. The van der Waals surface area contributed by atoms with Crippen molar-refractivity contribution in [3.05, 3.63) is 24.0 Å². The molecule has 1 atom stereocenters. The number of hydrogen-bond acceptors (Lipinski definition) is 4. The Kier molecular flexibility index (Phi) is 5.35. The van der Waals surface area contributed by atoms with E-state index in [1.54, 1.807) is 0 Å². The molecule has 1 amide bonds. The van der Waals surface area contributed by atoms with E-state index >= 15 is 0 Å². The van der Waals surface area contributed by atoms with E-state index < -0.39 is 0 Å². The van der Waals surface area contributed by atoms with E-state index in [0.29, 0.717) is 13.2 Å². The van der Waals surface area contributed by atoms with Crippen molar-refractivity contribution in [3.8, 4) is 0 Å². The molecule has 0 radical (unpaired) electrons. The van der Waals surface area contributed by atoms with E-state index in [0.717, 1.165) is 45.8 Å². The predicted molar refractivity (Wildman–Crippen MR) is 89.1 cm³/mol. The Hall–Kier alpha value is -1.37. The lowest BCUT2D eigenvalue weighted by atomic mass is 10.2.